The van der Waals surface area contributed by atoms with Gasteiger partial charge in [-0.15, -0.1) is 11.3 Å². The molecule has 5 aromatic rings. The number of carbonyl (C=O) groups excluding carboxylic acids is 1. The molecular formula is C22H17FN4OS. The fourth-order valence-corrected chi connectivity index (χ4v) is 4.40. The van der Waals surface area contributed by atoms with Crippen molar-refractivity contribution in [2.45, 2.75) is 13.3 Å². The third-order valence-corrected chi connectivity index (χ3v) is 5.74. The summed E-state index contributed by atoms with van der Waals surface area (Å²) in [5, 5.41) is 7.17. The van der Waals surface area contributed by atoms with Crippen molar-refractivity contribution in [1.29, 1.82) is 0 Å². The van der Waals surface area contributed by atoms with Crippen LogP contribution in [-0.4, -0.2) is 20.9 Å². The van der Waals surface area contributed by atoms with Crippen LogP contribution >= 0.6 is 11.3 Å². The first-order chi connectivity index (χ1) is 14.1. The zero-order valence-corrected chi connectivity index (χ0v) is 16.4. The summed E-state index contributed by atoms with van der Waals surface area (Å²) in [4.78, 5) is 23.6. The molecule has 2 aromatic carbocycles. The van der Waals surface area contributed by atoms with Crippen LogP contribution in [0.1, 0.15) is 11.3 Å². The van der Waals surface area contributed by atoms with Gasteiger partial charge in [0.15, 0.2) is 5.13 Å². The molecule has 3 N–H and O–H groups in total. The van der Waals surface area contributed by atoms with Gasteiger partial charge in [-0.3, -0.25) is 4.79 Å². The molecule has 0 fully saturated rings. The summed E-state index contributed by atoms with van der Waals surface area (Å²) in [6, 6.07) is 12.6. The van der Waals surface area contributed by atoms with Crippen LogP contribution in [0, 0.1) is 12.7 Å². The van der Waals surface area contributed by atoms with E-state index in [2.05, 4.69) is 26.3 Å². The number of thiazole rings is 1. The van der Waals surface area contributed by atoms with Gasteiger partial charge in [0.25, 0.3) is 0 Å². The Balaban J connectivity index is 1.37. The second-order valence-corrected chi connectivity index (χ2v) is 7.80. The maximum absolute atomic E-state index is 13.5. The van der Waals surface area contributed by atoms with Gasteiger partial charge in [-0.2, -0.15) is 0 Å². The summed E-state index contributed by atoms with van der Waals surface area (Å²) in [5.41, 5.74) is 5.53. The molecule has 0 unspecified atom stereocenters. The van der Waals surface area contributed by atoms with E-state index in [1.54, 1.807) is 12.3 Å². The summed E-state index contributed by atoms with van der Waals surface area (Å²) >= 11 is 1.39. The largest absolute Gasteiger partial charge is 0.361 e. The van der Waals surface area contributed by atoms with E-state index in [-0.39, 0.29) is 18.1 Å². The summed E-state index contributed by atoms with van der Waals surface area (Å²) in [5.74, 6) is -0.510. The van der Waals surface area contributed by atoms with Crippen LogP contribution < -0.4 is 5.32 Å². The average Bonchev–Trinajstić information content (AvgIpc) is 3.38. The number of hydrogen-bond acceptors (Lipinski definition) is 3. The molecule has 3 heterocycles. The van der Waals surface area contributed by atoms with Crippen molar-refractivity contribution >= 4 is 44.2 Å². The number of aryl methyl sites for hydroxylation is 1. The number of H-pyrrole nitrogens is 2. The van der Waals surface area contributed by atoms with Gasteiger partial charge in [0.1, 0.15) is 5.82 Å². The lowest BCUT2D eigenvalue weighted by molar-refractivity contribution is -0.115. The zero-order valence-electron chi connectivity index (χ0n) is 15.5. The molecule has 0 radical (unpaired) electrons. The van der Waals surface area contributed by atoms with Crippen molar-refractivity contribution in [2.24, 2.45) is 0 Å². The van der Waals surface area contributed by atoms with Gasteiger partial charge in [0.2, 0.25) is 5.91 Å². The number of nitrogens with zero attached hydrogens (tertiary/aromatic N) is 1. The molecule has 1 amide bonds. The highest BCUT2D eigenvalue weighted by Gasteiger charge is 2.15. The van der Waals surface area contributed by atoms with Crippen molar-refractivity contribution in [1.82, 2.24) is 15.0 Å². The summed E-state index contributed by atoms with van der Waals surface area (Å²) < 4.78 is 13.5. The number of para-hydroxylation sites is 1. The first-order valence-electron chi connectivity index (χ1n) is 9.17. The predicted octanol–water partition coefficient (Wildman–Crippen LogP) is 5.40. The van der Waals surface area contributed by atoms with E-state index >= 15 is 0 Å². The van der Waals surface area contributed by atoms with Crippen molar-refractivity contribution < 1.29 is 9.18 Å². The molecule has 7 heteroatoms. The monoisotopic (exact) mass is 404 g/mol. The average molecular weight is 404 g/mol. The van der Waals surface area contributed by atoms with E-state index in [9.17, 15) is 9.18 Å². The number of aromatic nitrogens is 3. The lowest BCUT2D eigenvalue weighted by atomic mass is 10.1. The molecule has 0 aliphatic heterocycles. The minimum Gasteiger partial charge on any atom is -0.361 e. The Kier molecular flexibility index (Phi) is 4.17. The third kappa shape index (κ3) is 3.19. The smallest absolute Gasteiger partial charge is 0.230 e. The number of halogens is 1. The van der Waals surface area contributed by atoms with Crippen LogP contribution in [0.3, 0.4) is 0 Å². The van der Waals surface area contributed by atoms with Gasteiger partial charge in [-0.1, -0.05) is 18.2 Å². The van der Waals surface area contributed by atoms with E-state index in [0.717, 1.165) is 44.3 Å². The maximum atomic E-state index is 13.5. The molecule has 0 atom stereocenters. The highest BCUT2D eigenvalue weighted by molar-refractivity contribution is 7.14. The van der Waals surface area contributed by atoms with Crippen LogP contribution in [0.2, 0.25) is 0 Å². The fraction of sp³-hybridized carbons (Fsp3) is 0.0909. The number of fused-ring (bicyclic) bond motifs is 2. The highest BCUT2D eigenvalue weighted by Crippen LogP contribution is 2.34. The second kappa shape index (κ2) is 6.86. The Morgan fingerprint density at radius 3 is 2.93 bits per heavy atom. The molecule has 0 aliphatic rings. The highest BCUT2D eigenvalue weighted by atomic mass is 32.1. The Morgan fingerprint density at radius 1 is 1.17 bits per heavy atom. The maximum Gasteiger partial charge on any atom is 0.230 e. The number of nitrogens with one attached hydrogen (secondary N) is 3. The van der Waals surface area contributed by atoms with E-state index in [0.29, 0.717) is 5.13 Å². The standard InChI is InChI=1S/C22H17FN4OS/c1-12-21(15-4-2-3-5-18(15)25-12)19-11-29-22(26-19)27-20(28)8-13-10-24-17-7-6-14(23)9-16(13)17/h2-7,9-11,24-25H,8H2,1H3,(H,26,27,28). The lowest BCUT2D eigenvalue weighted by Gasteiger charge is -2.01. The predicted molar refractivity (Wildman–Crippen MR) is 115 cm³/mol. The number of carbonyl (C=O) groups is 1. The molecule has 0 spiro atoms. The molecule has 144 valence electrons. The first kappa shape index (κ1) is 17.6. The van der Waals surface area contributed by atoms with E-state index in [1.165, 1.54) is 23.5 Å². The lowest BCUT2D eigenvalue weighted by Crippen LogP contribution is -2.14. The van der Waals surface area contributed by atoms with E-state index < -0.39 is 0 Å². The molecule has 0 saturated carbocycles. The number of rotatable bonds is 4. The van der Waals surface area contributed by atoms with Crippen molar-refractivity contribution in [3.63, 3.8) is 0 Å². The number of aromatic amines is 2. The van der Waals surface area contributed by atoms with Crippen LogP contribution in [0.25, 0.3) is 33.1 Å². The van der Waals surface area contributed by atoms with E-state index in [4.69, 9.17) is 0 Å². The van der Waals surface area contributed by atoms with Crippen molar-refractivity contribution in [2.75, 3.05) is 5.32 Å². The van der Waals surface area contributed by atoms with Crippen molar-refractivity contribution in [3.05, 3.63) is 71.1 Å². The quantitative estimate of drug-likeness (QED) is 0.375. The summed E-state index contributed by atoms with van der Waals surface area (Å²) in [6.45, 7) is 2.02. The Bertz CT molecular complexity index is 1360. The van der Waals surface area contributed by atoms with Crippen LogP contribution in [0.5, 0.6) is 0 Å². The summed E-state index contributed by atoms with van der Waals surface area (Å²) in [6.07, 6.45) is 1.89. The second-order valence-electron chi connectivity index (χ2n) is 6.94. The molecule has 0 aliphatic carbocycles. The Morgan fingerprint density at radius 2 is 2.03 bits per heavy atom. The van der Waals surface area contributed by atoms with E-state index in [1.807, 2.05) is 30.5 Å². The molecule has 5 rings (SSSR count). The van der Waals surface area contributed by atoms with Gasteiger partial charge in [-0.05, 0) is 36.8 Å². The van der Waals surface area contributed by atoms with Gasteiger partial charge >= 0.3 is 0 Å². The van der Waals surface area contributed by atoms with Crippen molar-refractivity contribution in [3.8, 4) is 11.3 Å². The number of hydrogen-bond donors (Lipinski definition) is 3. The normalized spacial score (nSPS) is 11.4. The fourth-order valence-electron chi connectivity index (χ4n) is 3.69. The van der Waals surface area contributed by atoms with Gasteiger partial charge in [0.05, 0.1) is 12.1 Å². The number of benzene rings is 2. The number of amides is 1. The molecule has 0 bridgehead atoms. The molecular weight excluding hydrogens is 387 g/mol. The SMILES string of the molecule is Cc1[nH]c2ccccc2c1-c1csc(NC(=O)Cc2c[nH]c3ccc(F)cc23)n1. The molecule has 0 saturated heterocycles. The van der Waals surface area contributed by atoms with Gasteiger partial charge in [-0.25, -0.2) is 9.37 Å². The van der Waals surface area contributed by atoms with Crippen LogP contribution in [0.4, 0.5) is 9.52 Å². The van der Waals surface area contributed by atoms with Crippen LogP contribution in [0.15, 0.2) is 54.0 Å². The zero-order chi connectivity index (χ0) is 20.0. The minimum absolute atomic E-state index is 0.143. The first-order valence-corrected chi connectivity index (χ1v) is 10.0. The Hall–Kier alpha value is -3.45. The topological polar surface area (TPSA) is 73.6 Å². The number of anilines is 1. The van der Waals surface area contributed by atoms with Gasteiger partial charge < -0.3 is 15.3 Å². The van der Waals surface area contributed by atoms with Crippen LogP contribution in [-0.2, 0) is 11.2 Å². The molecule has 5 nitrogen and oxygen atoms in total. The molecule has 3 aromatic heterocycles. The van der Waals surface area contributed by atoms with Gasteiger partial charge in [0, 0.05) is 44.6 Å². The minimum atomic E-state index is -0.322. The Labute approximate surface area is 169 Å². The summed E-state index contributed by atoms with van der Waals surface area (Å²) in [7, 11) is 0. The molecule has 29 heavy (non-hydrogen) atoms. The third-order valence-electron chi connectivity index (χ3n) is 4.98.